The molecule has 3 aromatic carbocycles. The molecule has 2 aromatic heterocycles. The van der Waals surface area contributed by atoms with Gasteiger partial charge in [0.15, 0.2) is 0 Å². The van der Waals surface area contributed by atoms with Crippen LogP contribution in [0.1, 0.15) is 12.6 Å². The highest BCUT2D eigenvalue weighted by atomic mass is 32.2. The Labute approximate surface area is 237 Å². The first-order valence-corrected chi connectivity index (χ1v) is 14.4. The Morgan fingerprint density at radius 2 is 1.68 bits per heavy atom. The Bertz CT molecular complexity index is 1880. The Kier molecular flexibility index (Phi) is 7.62. The number of anilines is 2. The quantitative estimate of drug-likeness (QED) is 0.283. The number of nitrogens with one attached hydrogen (secondary N) is 1. The number of hydrogen-bond acceptors (Lipinski definition) is 6. The van der Waals surface area contributed by atoms with E-state index in [4.69, 9.17) is 4.74 Å². The van der Waals surface area contributed by atoms with Crippen LogP contribution < -0.4 is 19.9 Å². The Hall–Kier alpha value is -4.90. The van der Waals surface area contributed by atoms with Gasteiger partial charge in [-0.15, -0.1) is 0 Å². The summed E-state index contributed by atoms with van der Waals surface area (Å²) in [5.74, 6) is -0.118. The largest absolute Gasteiger partial charge is 0.494 e. The van der Waals surface area contributed by atoms with Crippen LogP contribution in [0.15, 0.2) is 101 Å². The molecule has 1 N–H and O–H groups in total. The molecule has 0 unspecified atom stereocenters. The molecule has 10 nitrogen and oxygen atoms in total. The van der Waals surface area contributed by atoms with E-state index >= 15 is 0 Å². The first-order valence-electron chi connectivity index (χ1n) is 13.0. The molecule has 0 radical (unpaired) electrons. The molecule has 210 valence electrons. The second-order valence-corrected chi connectivity index (χ2v) is 11.1. The molecule has 5 rings (SSSR count). The normalized spacial score (nSPS) is 11.4. The first kappa shape index (κ1) is 27.7. The van der Waals surface area contributed by atoms with Gasteiger partial charge in [-0.3, -0.25) is 23.6 Å². The predicted octanol–water partition coefficient (Wildman–Crippen LogP) is 4.27. The highest BCUT2D eigenvalue weighted by Crippen LogP contribution is 2.29. The number of nitrogens with zero attached hydrogens (tertiary/aromatic N) is 4. The van der Waals surface area contributed by atoms with Crippen molar-refractivity contribution < 1.29 is 17.9 Å². The van der Waals surface area contributed by atoms with Gasteiger partial charge in [-0.2, -0.15) is 0 Å². The number of fused-ring (bicyclic) bond motifs is 1. The van der Waals surface area contributed by atoms with Crippen molar-refractivity contribution in [2.45, 2.75) is 18.7 Å². The monoisotopic (exact) mass is 571 g/mol. The number of benzene rings is 3. The zero-order valence-corrected chi connectivity index (χ0v) is 23.6. The zero-order chi connectivity index (χ0) is 29.1. The molecule has 5 aromatic rings. The minimum absolute atomic E-state index is 0.0420. The highest BCUT2D eigenvalue weighted by Gasteiger charge is 2.30. The average Bonchev–Trinajstić information content (AvgIpc) is 3.19. The number of amides is 1. The minimum Gasteiger partial charge on any atom is -0.494 e. The minimum atomic E-state index is -4.28. The van der Waals surface area contributed by atoms with E-state index < -0.39 is 28.0 Å². The molecule has 11 heteroatoms. The molecular formula is C30H29N5O5S. The highest BCUT2D eigenvalue weighted by molar-refractivity contribution is 7.93. The van der Waals surface area contributed by atoms with Crippen molar-refractivity contribution >= 4 is 38.2 Å². The van der Waals surface area contributed by atoms with E-state index in [1.807, 2.05) is 25.1 Å². The molecule has 41 heavy (non-hydrogen) atoms. The SMILES string of the molecule is CCOc1ccc(N(CC(=O)Nc2c(C)n(C)n(-c3ccccc3)c2=O)S(=O)(=O)c2cccc3cccnc23)cc1. The third-order valence-corrected chi connectivity index (χ3v) is 8.51. The second kappa shape index (κ2) is 11.3. The number of carbonyl (C=O) groups is 1. The standard InChI is InChI=1S/C30H29N5O5S/c1-4-40-25-17-15-23(16-18-25)34(41(38,39)26-14-8-10-22-11-9-19-31-29(22)26)20-27(36)32-28-21(2)33(3)35(30(28)37)24-12-6-5-7-13-24/h5-19H,4,20H2,1-3H3,(H,32,36). The Balaban J connectivity index is 1.53. The molecule has 0 bridgehead atoms. The van der Waals surface area contributed by atoms with Gasteiger partial charge in [-0.1, -0.05) is 36.4 Å². The summed E-state index contributed by atoms with van der Waals surface area (Å²) in [5.41, 5.74) is 1.32. The Morgan fingerprint density at radius 3 is 2.39 bits per heavy atom. The Morgan fingerprint density at radius 1 is 0.976 bits per heavy atom. The lowest BCUT2D eigenvalue weighted by molar-refractivity contribution is -0.114. The van der Waals surface area contributed by atoms with Crippen molar-refractivity contribution in [2.24, 2.45) is 7.05 Å². The third-order valence-electron chi connectivity index (χ3n) is 6.71. The van der Waals surface area contributed by atoms with Gasteiger partial charge in [0.1, 0.15) is 22.9 Å². The van der Waals surface area contributed by atoms with Crippen molar-refractivity contribution in [2.75, 3.05) is 22.8 Å². The van der Waals surface area contributed by atoms with Crippen molar-refractivity contribution in [1.82, 2.24) is 14.3 Å². The van der Waals surface area contributed by atoms with Crippen molar-refractivity contribution in [3.8, 4) is 11.4 Å². The van der Waals surface area contributed by atoms with E-state index in [0.717, 1.165) is 4.31 Å². The van der Waals surface area contributed by atoms with Crippen LogP contribution in [0, 0.1) is 6.92 Å². The van der Waals surface area contributed by atoms with Gasteiger partial charge in [0.25, 0.3) is 15.6 Å². The number of sulfonamides is 1. The fourth-order valence-corrected chi connectivity index (χ4v) is 6.20. The molecule has 2 heterocycles. The topological polar surface area (TPSA) is 116 Å². The fourth-order valence-electron chi connectivity index (χ4n) is 4.62. The van der Waals surface area contributed by atoms with Gasteiger partial charge in [0.05, 0.1) is 29.2 Å². The van der Waals surface area contributed by atoms with Crippen LogP contribution in [0.2, 0.25) is 0 Å². The molecule has 0 fully saturated rings. The molecular weight excluding hydrogens is 542 g/mol. The van der Waals surface area contributed by atoms with Crippen LogP contribution in [0.25, 0.3) is 16.6 Å². The van der Waals surface area contributed by atoms with Crippen LogP contribution in [-0.2, 0) is 21.9 Å². The predicted molar refractivity (Wildman–Crippen MR) is 158 cm³/mol. The number of ether oxygens (including phenoxy) is 1. The van der Waals surface area contributed by atoms with E-state index in [1.165, 1.54) is 16.9 Å². The number of carbonyl (C=O) groups excluding carboxylic acids is 1. The summed E-state index contributed by atoms with van der Waals surface area (Å²) < 4.78 is 37.8. The van der Waals surface area contributed by atoms with Gasteiger partial charge < -0.3 is 10.1 Å². The van der Waals surface area contributed by atoms with Crippen LogP contribution in [0.5, 0.6) is 5.75 Å². The second-order valence-electron chi connectivity index (χ2n) is 9.25. The summed E-state index contributed by atoms with van der Waals surface area (Å²) in [6.07, 6.45) is 1.52. The number of hydrogen-bond donors (Lipinski definition) is 1. The summed E-state index contributed by atoms with van der Waals surface area (Å²) in [7, 11) is -2.57. The average molecular weight is 572 g/mol. The maximum absolute atomic E-state index is 14.1. The lowest BCUT2D eigenvalue weighted by Crippen LogP contribution is -2.39. The van der Waals surface area contributed by atoms with E-state index in [9.17, 15) is 18.0 Å². The lowest BCUT2D eigenvalue weighted by atomic mass is 10.2. The van der Waals surface area contributed by atoms with Gasteiger partial charge in [-0.05, 0) is 62.4 Å². The van der Waals surface area contributed by atoms with Gasteiger partial charge in [0, 0.05) is 18.6 Å². The molecule has 0 atom stereocenters. The molecule has 0 aliphatic carbocycles. The van der Waals surface area contributed by atoms with E-state index in [0.29, 0.717) is 29.1 Å². The van der Waals surface area contributed by atoms with Crippen LogP contribution in [-0.4, -0.2) is 41.8 Å². The zero-order valence-electron chi connectivity index (χ0n) is 22.8. The summed E-state index contributed by atoms with van der Waals surface area (Å²) in [6.45, 7) is 3.42. The summed E-state index contributed by atoms with van der Waals surface area (Å²) in [5, 5.41) is 3.31. The maximum Gasteiger partial charge on any atom is 0.295 e. The van der Waals surface area contributed by atoms with Crippen LogP contribution in [0.3, 0.4) is 0 Å². The molecule has 1 amide bonds. The smallest absolute Gasteiger partial charge is 0.295 e. The number of rotatable bonds is 9. The summed E-state index contributed by atoms with van der Waals surface area (Å²) >= 11 is 0. The number of aromatic nitrogens is 3. The van der Waals surface area contributed by atoms with Crippen LogP contribution >= 0.6 is 0 Å². The third kappa shape index (κ3) is 5.31. The van der Waals surface area contributed by atoms with Gasteiger partial charge in [-0.25, -0.2) is 13.1 Å². The van der Waals surface area contributed by atoms with E-state index in [2.05, 4.69) is 10.3 Å². The first-order chi connectivity index (χ1) is 19.7. The molecule has 0 saturated carbocycles. The summed E-state index contributed by atoms with van der Waals surface area (Å²) in [4.78, 5) is 31.1. The summed E-state index contributed by atoms with van der Waals surface area (Å²) in [6, 6.07) is 23.8. The van der Waals surface area contributed by atoms with Crippen molar-refractivity contribution in [1.29, 1.82) is 0 Å². The number of pyridine rings is 1. The lowest BCUT2D eigenvalue weighted by Gasteiger charge is -2.24. The van der Waals surface area contributed by atoms with Crippen LogP contribution in [0.4, 0.5) is 11.4 Å². The maximum atomic E-state index is 14.1. The molecule has 0 spiro atoms. The fraction of sp³-hybridized carbons (Fsp3) is 0.167. The van der Waals surface area contributed by atoms with E-state index in [1.54, 1.807) is 79.3 Å². The van der Waals surface area contributed by atoms with Crippen molar-refractivity contribution in [3.63, 3.8) is 0 Å². The van der Waals surface area contributed by atoms with Gasteiger partial charge in [0.2, 0.25) is 5.91 Å². The van der Waals surface area contributed by atoms with E-state index in [-0.39, 0.29) is 21.8 Å². The molecule has 0 aliphatic rings. The molecule has 0 aliphatic heterocycles. The number of para-hydroxylation sites is 2. The van der Waals surface area contributed by atoms with Crippen molar-refractivity contribution in [3.05, 3.63) is 107 Å². The van der Waals surface area contributed by atoms with Gasteiger partial charge >= 0.3 is 0 Å². The molecule has 0 saturated heterocycles.